The van der Waals surface area contributed by atoms with Crippen LogP contribution in [0, 0.1) is 13.8 Å². The number of benzene rings is 1. The van der Waals surface area contributed by atoms with Crippen LogP contribution in [-0.2, 0) is 11.4 Å². The molecule has 3 heterocycles. The van der Waals surface area contributed by atoms with Gasteiger partial charge in [-0.2, -0.15) is 0 Å². The average molecular weight is 427 g/mol. The van der Waals surface area contributed by atoms with Gasteiger partial charge in [0.15, 0.2) is 0 Å². The minimum atomic E-state index is -0.0418. The summed E-state index contributed by atoms with van der Waals surface area (Å²) < 4.78 is 11.2. The molecule has 1 aromatic carbocycles. The lowest BCUT2D eigenvalue weighted by Gasteiger charge is -2.35. The van der Waals surface area contributed by atoms with Gasteiger partial charge in [-0.05, 0) is 38.8 Å². The maximum absolute atomic E-state index is 13.2. The second kappa shape index (κ2) is 9.51. The predicted octanol–water partition coefficient (Wildman–Crippen LogP) is 2.25. The van der Waals surface area contributed by atoms with Crippen LogP contribution in [0.4, 0.5) is 0 Å². The Morgan fingerprint density at radius 3 is 2.39 bits per heavy atom. The summed E-state index contributed by atoms with van der Waals surface area (Å²) in [4.78, 5) is 31.5. The van der Waals surface area contributed by atoms with Crippen LogP contribution in [0.5, 0.6) is 5.75 Å². The first-order valence-corrected chi connectivity index (χ1v) is 11.0. The van der Waals surface area contributed by atoms with Crippen LogP contribution in [-0.4, -0.2) is 77.5 Å². The predicted molar refractivity (Wildman–Crippen MR) is 115 cm³/mol. The first kappa shape index (κ1) is 21.4. The van der Waals surface area contributed by atoms with E-state index < -0.39 is 0 Å². The van der Waals surface area contributed by atoms with Crippen LogP contribution in [0.2, 0.25) is 0 Å². The van der Waals surface area contributed by atoms with Gasteiger partial charge in [-0.1, -0.05) is 17.3 Å². The fraction of sp³-hybridized carbons (Fsp3) is 0.522. The topological polar surface area (TPSA) is 79.1 Å². The molecule has 8 heteroatoms. The van der Waals surface area contributed by atoms with E-state index in [1.807, 2.05) is 41.8 Å². The van der Waals surface area contributed by atoms with Gasteiger partial charge in [0, 0.05) is 39.3 Å². The van der Waals surface area contributed by atoms with Crippen molar-refractivity contribution in [2.75, 3.05) is 45.8 Å². The van der Waals surface area contributed by atoms with Gasteiger partial charge in [-0.25, -0.2) is 0 Å². The van der Waals surface area contributed by atoms with E-state index >= 15 is 0 Å². The van der Waals surface area contributed by atoms with Crippen molar-refractivity contribution >= 4 is 11.8 Å². The number of likely N-dealkylation sites (tertiary alicyclic amines) is 1. The maximum atomic E-state index is 13.2. The number of hydrogen-bond donors (Lipinski definition) is 0. The van der Waals surface area contributed by atoms with Gasteiger partial charge >= 0.3 is 0 Å². The zero-order valence-electron chi connectivity index (χ0n) is 18.3. The van der Waals surface area contributed by atoms with Gasteiger partial charge < -0.3 is 19.1 Å². The summed E-state index contributed by atoms with van der Waals surface area (Å²) in [7, 11) is 0. The fourth-order valence-corrected chi connectivity index (χ4v) is 4.16. The molecule has 0 saturated carbocycles. The third-order valence-corrected chi connectivity index (χ3v) is 6.15. The number of aryl methyl sites for hydroxylation is 2. The molecule has 2 aromatic rings. The number of ether oxygens (including phenoxy) is 1. The molecular formula is C23H30N4O4. The molecule has 1 aromatic heterocycles. The quantitative estimate of drug-likeness (QED) is 0.705. The Hall–Kier alpha value is -2.87. The Balaban J connectivity index is 1.34. The van der Waals surface area contributed by atoms with Crippen LogP contribution in [0.15, 0.2) is 28.8 Å². The summed E-state index contributed by atoms with van der Waals surface area (Å²) in [6.45, 7) is 8.83. The van der Waals surface area contributed by atoms with E-state index in [1.165, 1.54) is 0 Å². The SMILES string of the molecule is Cc1noc(C)c1COc1ccccc1C(=O)N1CCN(CC(=O)N2CCCC2)CC1. The van der Waals surface area contributed by atoms with Gasteiger partial charge in [0.05, 0.1) is 23.4 Å². The van der Waals surface area contributed by atoms with Crippen LogP contribution in [0.25, 0.3) is 0 Å². The van der Waals surface area contributed by atoms with Crippen molar-refractivity contribution in [1.29, 1.82) is 0 Å². The van der Waals surface area contributed by atoms with Crippen LogP contribution < -0.4 is 4.74 Å². The molecule has 0 radical (unpaired) electrons. The zero-order valence-corrected chi connectivity index (χ0v) is 18.3. The molecule has 0 atom stereocenters. The van der Waals surface area contributed by atoms with E-state index in [-0.39, 0.29) is 11.8 Å². The number of para-hydroxylation sites is 1. The Bertz CT molecular complexity index is 908. The number of rotatable bonds is 6. The first-order valence-electron chi connectivity index (χ1n) is 11.0. The maximum Gasteiger partial charge on any atom is 0.257 e. The van der Waals surface area contributed by atoms with Gasteiger partial charge in [-0.3, -0.25) is 14.5 Å². The van der Waals surface area contributed by atoms with E-state index in [4.69, 9.17) is 9.26 Å². The van der Waals surface area contributed by atoms with Crippen molar-refractivity contribution in [2.24, 2.45) is 0 Å². The fourth-order valence-electron chi connectivity index (χ4n) is 4.16. The first-order chi connectivity index (χ1) is 15.0. The molecule has 2 saturated heterocycles. The minimum absolute atomic E-state index is 0.0418. The smallest absolute Gasteiger partial charge is 0.257 e. The van der Waals surface area contributed by atoms with Gasteiger partial charge in [0.1, 0.15) is 18.1 Å². The summed E-state index contributed by atoms with van der Waals surface area (Å²) in [5, 5.41) is 3.95. The number of piperazine rings is 1. The second-order valence-electron chi connectivity index (χ2n) is 8.24. The Kier molecular flexibility index (Phi) is 6.56. The molecular weight excluding hydrogens is 396 g/mol. The summed E-state index contributed by atoms with van der Waals surface area (Å²) in [5.74, 6) is 1.44. The van der Waals surface area contributed by atoms with E-state index in [1.54, 1.807) is 6.07 Å². The largest absolute Gasteiger partial charge is 0.488 e. The van der Waals surface area contributed by atoms with Crippen LogP contribution in [0.3, 0.4) is 0 Å². The molecule has 2 aliphatic heterocycles. The molecule has 0 aliphatic carbocycles. The van der Waals surface area contributed by atoms with E-state index in [9.17, 15) is 9.59 Å². The summed E-state index contributed by atoms with van der Waals surface area (Å²) in [6.07, 6.45) is 2.21. The molecule has 0 spiro atoms. The lowest BCUT2D eigenvalue weighted by atomic mass is 10.1. The molecule has 31 heavy (non-hydrogen) atoms. The molecule has 0 unspecified atom stereocenters. The Labute approximate surface area is 182 Å². The van der Waals surface area contributed by atoms with Crippen molar-refractivity contribution in [2.45, 2.75) is 33.3 Å². The molecule has 0 bridgehead atoms. The number of aromatic nitrogens is 1. The van der Waals surface area contributed by atoms with Gasteiger partial charge in [-0.15, -0.1) is 0 Å². The highest BCUT2D eigenvalue weighted by Gasteiger charge is 2.27. The molecule has 2 amide bonds. The van der Waals surface area contributed by atoms with Crippen molar-refractivity contribution in [3.05, 3.63) is 46.8 Å². The standard InChI is InChI=1S/C23H30N4O4/c1-17-20(18(2)31-24-17)16-30-21-8-4-3-7-19(21)23(29)27-13-11-25(12-14-27)15-22(28)26-9-5-6-10-26/h3-4,7-8H,5-6,9-16H2,1-2H3. The lowest BCUT2D eigenvalue weighted by molar-refractivity contribution is -0.131. The summed E-state index contributed by atoms with van der Waals surface area (Å²) >= 11 is 0. The Morgan fingerprint density at radius 2 is 1.71 bits per heavy atom. The molecule has 0 N–H and O–H groups in total. The third-order valence-electron chi connectivity index (χ3n) is 6.15. The lowest BCUT2D eigenvalue weighted by Crippen LogP contribution is -2.51. The van der Waals surface area contributed by atoms with Crippen LogP contribution >= 0.6 is 0 Å². The summed E-state index contributed by atoms with van der Waals surface area (Å²) in [5.41, 5.74) is 2.25. The molecule has 166 valence electrons. The average Bonchev–Trinajstić information content (AvgIpc) is 3.43. The molecule has 2 fully saturated rings. The normalized spacial score (nSPS) is 17.2. The number of amides is 2. The molecule has 2 aliphatic rings. The van der Waals surface area contributed by atoms with Crippen molar-refractivity contribution in [3.63, 3.8) is 0 Å². The highest BCUT2D eigenvalue weighted by Crippen LogP contribution is 2.23. The summed E-state index contributed by atoms with van der Waals surface area (Å²) in [6, 6.07) is 7.33. The van der Waals surface area contributed by atoms with Crippen LogP contribution in [0.1, 0.15) is 40.2 Å². The monoisotopic (exact) mass is 426 g/mol. The Morgan fingerprint density at radius 1 is 1.00 bits per heavy atom. The van der Waals surface area contributed by atoms with Crippen molar-refractivity contribution in [3.8, 4) is 5.75 Å². The zero-order chi connectivity index (χ0) is 21.8. The van der Waals surface area contributed by atoms with Crippen molar-refractivity contribution in [1.82, 2.24) is 19.9 Å². The van der Waals surface area contributed by atoms with Crippen molar-refractivity contribution < 1.29 is 18.8 Å². The van der Waals surface area contributed by atoms with Gasteiger partial charge in [0.25, 0.3) is 5.91 Å². The second-order valence-corrected chi connectivity index (χ2v) is 8.24. The number of carbonyl (C=O) groups is 2. The van der Waals surface area contributed by atoms with E-state index in [0.717, 1.165) is 42.9 Å². The minimum Gasteiger partial charge on any atom is -0.488 e. The molecule has 8 nitrogen and oxygen atoms in total. The van der Waals surface area contributed by atoms with Gasteiger partial charge in [0.2, 0.25) is 5.91 Å². The highest BCUT2D eigenvalue weighted by molar-refractivity contribution is 5.97. The number of carbonyl (C=O) groups excluding carboxylic acids is 2. The number of hydrogen-bond acceptors (Lipinski definition) is 6. The molecule has 4 rings (SSSR count). The van der Waals surface area contributed by atoms with E-state index in [0.29, 0.717) is 50.6 Å². The highest BCUT2D eigenvalue weighted by atomic mass is 16.5. The van der Waals surface area contributed by atoms with E-state index in [2.05, 4.69) is 10.1 Å². The third kappa shape index (κ3) is 4.90. The number of nitrogens with zero attached hydrogens (tertiary/aromatic N) is 4.